The van der Waals surface area contributed by atoms with Gasteiger partial charge in [-0.1, -0.05) is 25.2 Å². The lowest BCUT2D eigenvalue weighted by atomic mass is 10.2. The van der Waals surface area contributed by atoms with Crippen molar-refractivity contribution in [2.45, 2.75) is 24.8 Å². The van der Waals surface area contributed by atoms with Crippen LogP contribution in [-0.4, -0.2) is 48.2 Å². The Morgan fingerprint density at radius 3 is 2.58 bits per heavy atom. The fourth-order valence-electron chi connectivity index (χ4n) is 3.41. The Bertz CT molecular complexity index is 1510. The molecule has 0 atom stereocenters. The molecule has 0 aliphatic rings. The van der Waals surface area contributed by atoms with Crippen LogP contribution in [0.2, 0.25) is 0 Å². The average Bonchev–Trinajstić information content (AvgIpc) is 3.48. The first-order chi connectivity index (χ1) is 17.1. The Morgan fingerprint density at radius 2 is 1.86 bits per heavy atom. The quantitative estimate of drug-likeness (QED) is 0.246. The number of rotatable bonds is 8. The second-order valence-electron chi connectivity index (χ2n) is 8.24. The van der Waals surface area contributed by atoms with Gasteiger partial charge in [0.15, 0.2) is 15.0 Å². The Hall–Kier alpha value is -2.81. The third-order valence-electron chi connectivity index (χ3n) is 5.19. The Morgan fingerprint density at radius 1 is 1.11 bits per heavy atom. The number of nitrogens with zero attached hydrogens (tertiary/aromatic N) is 2. The molecule has 3 N–H and O–H groups in total. The van der Waals surface area contributed by atoms with Gasteiger partial charge in [0.25, 0.3) is 5.91 Å². The van der Waals surface area contributed by atoms with Gasteiger partial charge in [-0.25, -0.2) is 18.2 Å². The van der Waals surface area contributed by atoms with E-state index >= 15 is 0 Å². The molecule has 12 heteroatoms. The number of urea groups is 1. The van der Waals surface area contributed by atoms with Crippen LogP contribution in [0.15, 0.2) is 65.8 Å². The predicted molar refractivity (Wildman–Crippen MR) is 150 cm³/mol. The van der Waals surface area contributed by atoms with Crippen LogP contribution in [0.5, 0.6) is 0 Å². The zero-order valence-electron chi connectivity index (χ0n) is 19.5. The van der Waals surface area contributed by atoms with Crippen LogP contribution in [0.4, 0.5) is 9.93 Å². The molecule has 0 bridgehead atoms. The summed E-state index contributed by atoms with van der Waals surface area (Å²) in [6.45, 7) is 4.26. The van der Waals surface area contributed by atoms with Crippen LogP contribution < -0.4 is 16.0 Å². The van der Waals surface area contributed by atoms with E-state index < -0.39 is 21.8 Å². The number of anilines is 1. The summed E-state index contributed by atoms with van der Waals surface area (Å²) in [6, 6.07) is 13.3. The second-order valence-corrected chi connectivity index (χ2v) is 12.5. The Labute approximate surface area is 226 Å². The fraction of sp³-hybridized carbons (Fsp3) is 0.208. The minimum Gasteiger partial charge on any atom is -0.324 e. The summed E-state index contributed by atoms with van der Waals surface area (Å²) in [7, 11) is -3.46. The first kappa shape index (κ1) is 26.3. The predicted octanol–water partition coefficient (Wildman–Crippen LogP) is 4.43. The number of benzene rings is 2. The van der Waals surface area contributed by atoms with Gasteiger partial charge in [-0.2, -0.15) is 0 Å². The van der Waals surface area contributed by atoms with Gasteiger partial charge in [0.05, 0.1) is 26.4 Å². The molecule has 4 rings (SSSR count). The number of sulfone groups is 1. The van der Waals surface area contributed by atoms with E-state index in [1.165, 1.54) is 6.07 Å². The summed E-state index contributed by atoms with van der Waals surface area (Å²) < 4.78 is 28.5. The number of fused-ring (bicyclic) bond motifs is 1. The summed E-state index contributed by atoms with van der Waals surface area (Å²) >= 11 is 3.18. The van der Waals surface area contributed by atoms with Crippen LogP contribution in [0.3, 0.4) is 0 Å². The maximum atomic E-state index is 12.8. The van der Waals surface area contributed by atoms with Crippen LogP contribution in [-0.2, 0) is 9.84 Å². The van der Waals surface area contributed by atoms with Gasteiger partial charge in [-0.05, 0) is 71.1 Å². The maximum Gasteiger partial charge on any atom is 0.327 e. The van der Waals surface area contributed by atoms with Crippen LogP contribution >= 0.6 is 33.9 Å². The molecule has 3 amide bonds. The highest BCUT2D eigenvalue weighted by Crippen LogP contribution is 2.28. The molecule has 2 aromatic carbocycles. The van der Waals surface area contributed by atoms with E-state index in [0.29, 0.717) is 25.9 Å². The van der Waals surface area contributed by atoms with Crippen molar-refractivity contribution in [3.63, 3.8) is 0 Å². The molecule has 0 aliphatic heterocycles. The molecule has 2 heterocycles. The first-order valence-corrected chi connectivity index (χ1v) is 14.6. The number of carbonyl (C=O) groups excluding carboxylic acids is 2. The van der Waals surface area contributed by atoms with E-state index in [1.54, 1.807) is 24.3 Å². The number of aromatic nitrogens is 2. The molecule has 0 aliphatic carbocycles. The number of halogens is 1. The molecule has 188 valence electrons. The minimum absolute atomic E-state index is 0.0184. The topological polar surface area (TPSA) is 122 Å². The zero-order valence-corrected chi connectivity index (χ0v) is 23.3. The van der Waals surface area contributed by atoms with Crippen LogP contribution in [0.1, 0.15) is 24.2 Å². The fourth-order valence-corrected chi connectivity index (χ4v) is 6.16. The average molecular weight is 638 g/mol. The lowest BCUT2D eigenvalue weighted by molar-refractivity contribution is 0.0966. The van der Waals surface area contributed by atoms with Crippen molar-refractivity contribution < 1.29 is 18.0 Å². The second kappa shape index (κ2) is 11.1. The molecule has 0 fully saturated rings. The largest absolute Gasteiger partial charge is 0.327 e. The molecule has 0 spiro atoms. The van der Waals surface area contributed by atoms with Crippen molar-refractivity contribution in [2.75, 3.05) is 17.6 Å². The van der Waals surface area contributed by atoms with Crippen molar-refractivity contribution >= 4 is 71.1 Å². The van der Waals surface area contributed by atoms with E-state index in [-0.39, 0.29) is 21.8 Å². The first-order valence-electron chi connectivity index (χ1n) is 11.0. The lowest BCUT2D eigenvalue weighted by Gasteiger charge is -2.09. The third-order valence-corrected chi connectivity index (χ3v) is 8.78. The Kier molecular flexibility index (Phi) is 8.07. The molecule has 2 aromatic heterocycles. The number of carbonyl (C=O) groups is 2. The number of thiazole rings is 1. The highest BCUT2D eigenvalue weighted by atomic mass is 127. The Balaban J connectivity index is 1.44. The molecule has 0 radical (unpaired) electrons. The van der Waals surface area contributed by atoms with Gasteiger partial charge < -0.3 is 9.88 Å². The van der Waals surface area contributed by atoms with Crippen molar-refractivity contribution in [3.8, 4) is 5.69 Å². The lowest BCUT2D eigenvalue weighted by Crippen LogP contribution is -2.34. The zero-order chi connectivity index (χ0) is 25.9. The third kappa shape index (κ3) is 6.30. The van der Waals surface area contributed by atoms with E-state index in [2.05, 4.69) is 20.9 Å². The summed E-state index contributed by atoms with van der Waals surface area (Å²) in [6.07, 6.45) is 3.73. The van der Waals surface area contributed by atoms with E-state index in [0.717, 1.165) is 17.0 Å². The summed E-state index contributed by atoms with van der Waals surface area (Å²) in [4.78, 5) is 29.8. The number of hydrogen-bond donors (Lipinski definition) is 3. The molecule has 4 aromatic rings. The SMILES string of the molecule is CC(C)NCCS(=O)(=O)c1ccc2nc(NC(=O)NC(=O)c3cc(-n4cccc4)ccc3I)sc2c1. The minimum atomic E-state index is -3.46. The van der Waals surface area contributed by atoms with Crippen LogP contribution in [0.25, 0.3) is 15.9 Å². The van der Waals surface area contributed by atoms with Gasteiger partial charge in [-0.15, -0.1) is 0 Å². The summed E-state index contributed by atoms with van der Waals surface area (Å²) in [5.74, 6) is -0.564. The van der Waals surface area contributed by atoms with Gasteiger partial charge in [-0.3, -0.25) is 15.4 Å². The number of nitrogens with one attached hydrogen (secondary N) is 3. The summed E-state index contributed by atoms with van der Waals surface area (Å²) in [5, 5.41) is 8.25. The molecule has 0 saturated carbocycles. The van der Waals surface area contributed by atoms with Crippen molar-refractivity contribution in [2.24, 2.45) is 0 Å². The van der Waals surface area contributed by atoms with Gasteiger partial charge >= 0.3 is 6.03 Å². The molecular formula is C24H24IN5O4S2. The van der Waals surface area contributed by atoms with Crippen LogP contribution in [0, 0.1) is 3.57 Å². The monoisotopic (exact) mass is 637 g/mol. The van der Waals surface area contributed by atoms with Gasteiger partial charge in [0, 0.05) is 34.2 Å². The van der Waals surface area contributed by atoms with Gasteiger partial charge in [0.2, 0.25) is 0 Å². The van der Waals surface area contributed by atoms with Gasteiger partial charge in [0.1, 0.15) is 0 Å². The molecule has 9 nitrogen and oxygen atoms in total. The molecule has 36 heavy (non-hydrogen) atoms. The smallest absolute Gasteiger partial charge is 0.324 e. The molecule has 0 unspecified atom stereocenters. The van der Waals surface area contributed by atoms with E-state index in [1.807, 2.05) is 71.6 Å². The maximum absolute atomic E-state index is 12.8. The highest BCUT2D eigenvalue weighted by Gasteiger charge is 2.18. The summed E-state index contributed by atoms with van der Waals surface area (Å²) in [5.41, 5.74) is 1.71. The van der Waals surface area contributed by atoms with Crippen molar-refractivity contribution in [1.29, 1.82) is 0 Å². The number of imide groups is 1. The molecule has 0 saturated heterocycles. The van der Waals surface area contributed by atoms with Crippen molar-refractivity contribution in [3.05, 3.63) is 70.1 Å². The van der Waals surface area contributed by atoms with E-state index in [9.17, 15) is 18.0 Å². The number of amides is 3. The van der Waals surface area contributed by atoms with Crippen molar-refractivity contribution in [1.82, 2.24) is 20.2 Å². The standard InChI is InChI=1S/C24H24IN5O4S2/c1-15(2)26-9-12-36(33,34)17-6-8-20-21(14-17)35-24(27-20)29-23(32)28-22(31)18-13-16(5-7-19(18)25)30-10-3-4-11-30/h3-8,10-11,13-15,26H,9,12H2,1-2H3,(H2,27,28,29,31,32). The normalized spacial score (nSPS) is 11.7. The number of hydrogen-bond acceptors (Lipinski definition) is 7. The highest BCUT2D eigenvalue weighted by molar-refractivity contribution is 14.1. The molecular weight excluding hydrogens is 613 g/mol. The van der Waals surface area contributed by atoms with E-state index in [4.69, 9.17) is 0 Å².